The summed E-state index contributed by atoms with van der Waals surface area (Å²) in [5.41, 5.74) is 4.01. The fourth-order valence-corrected chi connectivity index (χ4v) is 3.91. The maximum atomic E-state index is 14.0. The van der Waals surface area contributed by atoms with Crippen molar-refractivity contribution in [3.63, 3.8) is 0 Å². The standard InChI is InChI=1S/C22H31FN4O/c1-16(2)15-27-18(4)19(17(3)24-27)9-10-22(28)26-13-11-25(12-14-26)21-8-6-5-7-20(21)23/h5-8,16H,9-15H2,1-4H3. The van der Waals surface area contributed by atoms with Crippen molar-refractivity contribution in [2.24, 2.45) is 5.92 Å². The fraction of sp³-hybridized carbons (Fsp3) is 0.545. The summed E-state index contributed by atoms with van der Waals surface area (Å²) in [6.45, 7) is 12.0. The van der Waals surface area contributed by atoms with E-state index in [-0.39, 0.29) is 11.7 Å². The van der Waals surface area contributed by atoms with Crippen LogP contribution in [0.3, 0.4) is 0 Å². The van der Waals surface area contributed by atoms with Gasteiger partial charge in [-0.15, -0.1) is 0 Å². The molecule has 0 aliphatic carbocycles. The number of halogens is 1. The number of piperazine rings is 1. The Kier molecular flexibility index (Phi) is 6.37. The van der Waals surface area contributed by atoms with Gasteiger partial charge in [-0.25, -0.2) is 4.39 Å². The Hall–Kier alpha value is -2.37. The number of carbonyl (C=O) groups is 1. The van der Waals surface area contributed by atoms with Crippen molar-refractivity contribution in [1.29, 1.82) is 0 Å². The molecule has 0 atom stereocenters. The average Bonchev–Trinajstić information content (AvgIpc) is 2.93. The minimum absolute atomic E-state index is 0.170. The largest absolute Gasteiger partial charge is 0.366 e. The van der Waals surface area contributed by atoms with Crippen LogP contribution in [-0.2, 0) is 17.8 Å². The number of benzene rings is 1. The van der Waals surface area contributed by atoms with E-state index in [1.165, 1.54) is 17.3 Å². The number of para-hydroxylation sites is 1. The molecule has 0 bridgehead atoms. The van der Waals surface area contributed by atoms with Gasteiger partial charge in [0.25, 0.3) is 0 Å². The van der Waals surface area contributed by atoms with E-state index in [0.29, 0.717) is 44.2 Å². The van der Waals surface area contributed by atoms with Gasteiger partial charge in [0, 0.05) is 44.8 Å². The first-order valence-corrected chi connectivity index (χ1v) is 10.2. The van der Waals surface area contributed by atoms with Crippen LogP contribution in [0.25, 0.3) is 0 Å². The van der Waals surface area contributed by atoms with Crippen molar-refractivity contribution in [3.05, 3.63) is 47.0 Å². The van der Waals surface area contributed by atoms with E-state index < -0.39 is 0 Å². The Morgan fingerprint density at radius 3 is 2.46 bits per heavy atom. The van der Waals surface area contributed by atoms with Gasteiger partial charge in [-0.2, -0.15) is 5.10 Å². The molecule has 1 saturated heterocycles. The Bertz CT molecular complexity index is 822. The highest BCUT2D eigenvalue weighted by molar-refractivity contribution is 5.77. The van der Waals surface area contributed by atoms with Gasteiger partial charge in [0.05, 0.1) is 11.4 Å². The molecule has 0 unspecified atom stereocenters. The van der Waals surface area contributed by atoms with Crippen LogP contribution in [0.1, 0.15) is 37.2 Å². The van der Waals surface area contributed by atoms with Crippen molar-refractivity contribution in [3.8, 4) is 0 Å². The molecule has 6 heteroatoms. The van der Waals surface area contributed by atoms with Crippen molar-refractivity contribution in [1.82, 2.24) is 14.7 Å². The minimum atomic E-state index is -0.202. The van der Waals surface area contributed by atoms with E-state index in [1.54, 1.807) is 12.1 Å². The molecule has 2 heterocycles. The van der Waals surface area contributed by atoms with E-state index in [9.17, 15) is 9.18 Å². The lowest BCUT2D eigenvalue weighted by atomic mass is 10.1. The molecule has 1 aromatic carbocycles. The van der Waals surface area contributed by atoms with Crippen LogP contribution in [0.4, 0.5) is 10.1 Å². The fourth-order valence-electron chi connectivity index (χ4n) is 3.91. The molecule has 1 amide bonds. The van der Waals surface area contributed by atoms with Crippen LogP contribution in [0.15, 0.2) is 24.3 Å². The summed E-state index contributed by atoms with van der Waals surface area (Å²) >= 11 is 0. The molecule has 1 aliphatic rings. The third-order valence-electron chi connectivity index (χ3n) is 5.48. The second kappa shape index (κ2) is 8.76. The molecule has 152 valence electrons. The van der Waals surface area contributed by atoms with Gasteiger partial charge >= 0.3 is 0 Å². The lowest BCUT2D eigenvalue weighted by Gasteiger charge is -2.36. The molecule has 2 aromatic rings. The van der Waals surface area contributed by atoms with E-state index in [2.05, 4.69) is 30.6 Å². The van der Waals surface area contributed by atoms with Gasteiger partial charge in [-0.3, -0.25) is 9.48 Å². The van der Waals surface area contributed by atoms with Gasteiger partial charge in [-0.1, -0.05) is 26.0 Å². The van der Waals surface area contributed by atoms with Gasteiger partial charge in [0.1, 0.15) is 5.82 Å². The van der Waals surface area contributed by atoms with Crippen LogP contribution < -0.4 is 4.90 Å². The molecule has 0 N–H and O–H groups in total. The number of aryl methyl sites for hydroxylation is 1. The first-order valence-electron chi connectivity index (χ1n) is 10.2. The Balaban J connectivity index is 1.54. The number of hydrogen-bond donors (Lipinski definition) is 0. The van der Waals surface area contributed by atoms with Gasteiger partial charge in [-0.05, 0) is 43.9 Å². The van der Waals surface area contributed by atoms with Crippen LogP contribution >= 0.6 is 0 Å². The predicted molar refractivity (Wildman–Crippen MR) is 110 cm³/mol. The minimum Gasteiger partial charge on any atom is -0.366 e. The van der Waals surface area contributed by atoms with Crippen LogP contribution in [-0.4, -0.2) is 46.8 Å². The molecule has 28 heavy (non-hydrogen) atoms. The summed E-state index contributed by atoms with van der Waals surface area (Å²) < 4.78 is 16.0. The predicted octanol–water partition coefficient (Wildman–Crippen LogP) is 3.58. The zero-order valence-corrected chi connectivity index (χ0v) is 17.4. The highest BCUT2D eigenvalue weighted by Gasteiger charge is 2.23. The first kappa shape index (κ1) is 20.4. The highest BCUT2D eigenvalue weighted by atomic mass is 19.1. The molecule has 3 rings (SSSR count). The maximum Gasteiger partial charge on any atom is 0.223 e. The summed E-state index contributed by atoms with van der Waals surface area (Å²) in [6, 6.07) is 6.83. The molecule has 1 aliphatic heterocycles. The van der Waals surface area contributed by atoms with Crippen LogP contribution in [0.5, 0.6) is 0 Å². The van der Waals surface area contributed by atoms with Gasteiger partial charge in [0.15, 0.2) is 0 Å². The molecule has 1 aromatic heterocycles. The average molecular weight is 387 g/mol. The molecule has 0 saturated carbocycles. The monoisotopic (exact) mass is 386 g/mol. The van der Waals surface area contributed by atoms with Crippen molar-refractivity contribution in [2.45, 2.75) is 47.1 Å². The van der Waals surface area contributed by atoms with Gasteiger partial charge < -0.3 is 9.80 Å². The molecule has 5 nitrogen and oxygen atoms in total. The number of carbonyl (C=O) groups excluding carboxylic acids is 1. The molecule has 1 fully saturated rings. The molecular weight excluding hydrogens is 355 g/mol. The topological polar surface area (TPSA) is 41.4 Å². The summed E-state index contributed by atoms with van der Waals surface area (Å²) in [6.07, 6.45) is 1.22. The second-order valence-corrected chi connectivity index (χ2v) is 8.04. The summed E-state index contributed by atoms with van der Waals surface area (Å²) in [5, 5.41) is 4.64. The molecular formula is C22H31FN4O. The highest BCUT2D eigenvalue weighted by Crippen LogP contribution is 2.21. The lowest BCUT2D eigenvalue weighted by molar-refractivity contribution is -0.131. The summed E-state index contributed by atoms with van der Waals surface area (Å²) in [5.74, 6) is 0.508. The molecule has 0 radical (unpaired) electrons. The Morgan fingerprint density at radius 1 is 1.14 bits per heavy atom. The Morgan fingerprint density at radius 2 is 1.82 bits per heavy atom. The normalized spacial score (nSPS) is 14.8. The summed E-state index contributed by atoms with van der Waals surface area (Å²) in [7, 11) is 0. The number of nitrogens with zero attached hydrogens (tertiary/aromatic N) is 4. The third-order valence-corrected chi connectivity index (χ3v) is 5.48. The zero-order valence-electron chi connectivity index (χ0n) is 17.4. The first-order chi connectivity index (χ1) is 13.4. The van der Waals surface area contributed by atoms with Gasteiger partial charge in [0.2, 0.25) is 5.91 Å². The van der Waals surface area contributed by atoms with Crippen molar-refractivity contribution >= 4 is 11.6 Å². The quantitative estimate of drug-likeness (QED) is 0.762. The van der Waals surface area contributed by atoms with E-state index in [4.69, 9.17) is 0 Å². The SMILES string of the molecule is Cc1nn(CC(C)C)c(C)c1CCC(=O)N1CCN(c2ccccc2F)CC1. The Labute approximate surface area is 167 Å². The summed E-state index contributed by atoms with van der Waals surface area (Å²) in [4.78, 5) is 16.6. The van der Waals surface area contributed by atoms with Crippen LogP contribution in [0, 0.1) is 25.6 Å². The van der Waals surface area contributed by atoms with E-state index >= 15 is 0 Å². The van der Waals surface area contributed by atoms with Crippen LogP contribution in [0.2, 0.25) is 0 Å². The molecule has 0 spiro atoms. The third kappa shape index (κ3) is 4.54. The number of hydrogen-bond acceptors (Lipinski definition) is 3. The van der Waals surface area contributed by atoms with E-state index in [0.717, 1.165) is 18.7 Å². The van der Waals surface area contributed by atoms with Crippen molar-refractivity contribution < 1.29 is 9.18 Å². The van der Waals surface area contributed by atoms with E-state index in [1.807, 2.05) is 22.8 Å². The smallest absolute Gasteiger partial charge is 0.223 e. The number of rotatable bonds is 6. The van der Waals surface area contributed by atoms with Crippen molar-refractivity contribution in [2.75, 3.05) is 31.1 Å². The number of amides is 1. The second-order valence-electron chi connectivity index (χ2n) is 8.04. The maximum absolute atomic E-state index is 14.0. The zero-order chi connectivity index (χ0) is 20.3. The number of aromatic nitrogens is 2. The lowest BCUT2D eigenvalue weighted by Crippen LogP contribution is -2.49. The number of anilines is 1.